The number of rotatable bonds is 4. The van der Waals surface area contributed by atoms with Crippen LogP contribution in [0.15, 0.2) is 18.2 Å². The minimum atomic E-state index is -0.769. The van der Waals surface area contributed by atoms with E-state index in [2.05, 4.69) is 5.32 Å². The van der Waals surface area contributed by atoms with E-state index in [1.165, 1.54) is 6.07 Å². The van der Waals surface area contributed by atoms with Gasteiger partial charge in [0.1, 0.15) is 10.7 Å². The second kappa shape index (κ2) is 5.75. The molecule has 1 saturated carbocycles. The second-order valence-corrected chi connectivity index (χ2v) is 5.44. The molecule has 0 radical (unpaired) electrons. The fourth-order valence-corrected chi connectivity index (χ4v) is 2.73. The summed E-state index contributed by atoms with van der Waals surface area (Å²) in [6.45, 7) is 0.314. The van der Waals surface area contributed by atoms with Crippen molar-refractivity contribution < 1.29 is 10.0 Å². The number of hydrogen-bond donors (Lipinski definition) is 2. The Hall–Kier alpha value is -1.33. The number of para-hydroxylation sites is 1. The molecule has 1 aliphatic carbocycles. The lowest BCUT2D eigenvalue weighted by atomic mass is 9.85. The molecule has 2 rings (SSSR count). The summed E-state index contributed by atoms with van der Waals surface area (Å²) in [6, 6.07) is 4.75. The summed E-state index contributed by atoms with van der Waals surface area (Å²) in [4.78, 5) is 10.5. The minimum absolute atomic E-state index is 0.102. The summed E-state index contributed by atoms with van der Waals surface area (Å²) < 4.78 is 0. The van der Waals surface area contributed by atoms with Crippen LogP contribution in [0.25, 0.3) is 0 Å². The molecule has 0 amide bonds. The zero-order valence-electron chi connectivity index (χ0n) is 10.6. The first-order valence-electron chi connectivity index (χ1n) is 6.41. The van der Waals surface area contributed by atoms with E-state index in [0.717, 1.165) is 32.1 Å². The Morgan fingerprint density at radius 3 is 2.68 bits per heavy atom. The Labute approximate surface area is 116 Å². The predicted molar refractivity (Wildman–Crippen MR) is 74.6 cm³/mol. The Morgan fingerprint density at radius 2 is 2.05 bits per heavy atom. The fourth-order valence-electron chi connectivity index (χ4n) is 2.49. The van der Waals surface area contributed by atoms with Crippen LogP contribution in [0.1, 0.15) is 32.1 Å². The maximum Gasteiger partial charge on any atom is 0.310 e. The van der Waals surface area contributed by atoms with Gasteiger partial charge < -0.3 is 10.4 Å². The number of nitrogens with zero attached hydrogens (tertiary/aromatic N) is 1. The zero-order chi connectivity index (χ0) is 13.9. The van der Waals surface area contributed by atoms with Gasteiger partial charge in [0.25, 0.3) is 0 Å². The molecule has 19 heavy (non-hydrogen) atoms. The van der Waals surface area contributed by atoms with E-state index in [-0.39, 0.29) is 10.7 Å². The van der Waals surface area contributed by atoms with Crippen molar-refractivity contribution in [3.05, 3.63) is 33.3 Å². The molecule has 0 aliphatic heterocycles. The molecule has 0 bridgehead atoms. The topological polar surface area (TPSA) is 75.4 Å². The first-order valence-corrected chi connectivity index (χ1v) is 6.79. The monoisotopic (exact) mass is 284 g/mol. The number of hydrogen-bond acceptors (Lipinski definition) is 4. The molecule has 5 nitrogen and oxygen atoms in total. The summed E-state index contributed by atoms with van der Waals surface area (Å²) in [5.41, 5.74) is -0.547. The van der Waals surface area contributed by atoms with E-state index >= 15 is 0 Å². The van der Waals surface area contributed by atoms with Gasteiger partial charge in [0.2, 0.25) is 0 Å². The van der Waals surface area contributed by atoms with Crippen molar-refractivity contribution in [1.29, 1.82) is 0 Å². The molecule has 104 valence electrons. The number of nitro benzene ring substituents is 1. The highest BCUT2D eigenvalue weighted by Gasteiger charge is 2.30. The van der Waals surface area contributed by atoms with Gasteiger partial charge in [-0.25, -0.2) is 0 Å². The first kappa shape index (κ1) is 14.1. The molecular formula is C13H17ClN2O3. The highest BCUT2D eigenvalue weighted by atomic mass is 35.5. The molecule has 0 heterocycles. The number of nitro groups is 1. The average Bonchev–Trinajstić information content (AvgIpc) is 2.37. The van der Waals surface area contributed by atoms with Crippen LogP contribution in [0.4, 0.5) is 11.4 Å². The lowest BCUT2D eigenvalue weighted by Gasteiger charge is -2.32. The minimum Gasteiger partial charge on any atom is -0.388 e. The third kappa shape index (κ3) is 3.36. The molecule has 0 spiro atoms. The van der Waals surface area contributed by atoms with Crippen molar-refractivity contribution in [3.8, 4) is 0 Å². The van der Waals surface area contributed by atoms with E-state index in [1.807, 2.05) is 0 Å². The predicted octanol–water partition coefficient (Wildman–Crippen LogP) is 3.36. The van der Waals surface area contributed by atoms with Gasteiger partial charge in [-0.05, 0) is 25.0 Å². The molecule has 1 aliphatic rings. The molecule has 0 atom stereocenters. The third-order valence-corrected chi connectivity index (χ3v) is 3.87. The van der Waals surface area contributed by atoms with E-state index in [9.17, 15) is 15.2 Å². The van der Waals surface area contributed by atoms with Crippen molar-refractivity contribution in [1.82, 2.24) is 0 Å². The van der Waals surface area contributed by atoms with E-state index in [4.69, 9.17) is 11.6 Å². The van der Waals surface area contributed by atoms with Crippen molar-refractivity contribution >= 4 is 23.0 Å². The van der Waals surface area contributed by atoms with E-state index in [0.29, 0.717) is 12.2 Å². The molecule has 6 heteroatoms. The molecule has 0 unspecified atom stereocenters. The van der Waals surface area contributed by atoms with Gasteiger partial charge in [-0.15, -0.1) is 0 Å². The Balaban J connectivity index is 2.11. The van der Waals surface area contributed by atoms with Gasteiger partial charge in [-0.3, -0.25) is 10.1 Å². The van der Waals surface area contributed by atoms with Crippen LogP contribution in [0, 0.1) is 10.1 Å². The van der Waals surface area contributed by atoms with Crippen LogP contribution in [-0.4, -0.2) is 22.2 Å². The van der Waals surface area contributed by atoms with Crippen LogP contribution >= 0.6 is 11.6 Å². The second-order valence-electron chi connectivity index (χ2n) is 5.03. The average molecular weight is 285 g/mol. The Bertz CT molecular complexity index is 473. The summed E-state index contributed by atoms with van der Waals surface area (Å²) in [7, 11) is 0. The summed E-state index contributed by atoms with van der Waals surface area (Å²) in [5, 5.41) is 24.4. The van der Waals surface area contributed by atoms with Crippen molar-refractivity contribution in [2.75, 3.05) is 11.9 Å². The fraction of sp³-hybridized carbons (Fsp3) is 0.538. The van der Waals surface area contributed by atoms with Crippen LogP contribution in [0.5, 0.6) is 0 Å². The quantitative estimate of drug-likeness (QED) is 0.657. The van der Waals surface area contributed by atoms with Gasteiger partial charge in [0, 0.05) is 6.54 Å². The molecule has 1 aromatic rings. The van der Waals surface area contributed by atoms with Gasteiger partial charge in [-0.2, -0.15) is 0 Å². The number of halogens is 1. The van der Waals surface area contributed by atoms with Gasteiger partial charge in [-0.1, -0.05) is 36.9 Å². The molecule has 1 fully saturated rings. The van der Waals surface area contributed by atoms with Gasteiger partial charge in [0.15, 0.2) is 0 Å². The standard InChI is InChI=1S/C13H17ClN2O3/c14-10-5-4-6-11(12(10)16(18)19)15-9-13(17)7-2-1-3-8-13/h4-6,15,17H,1-3,7-9H2. The van der Waals surface area contributed by atoms with Crippen LogP contribution in [-0.2, 0) is 0 Å². The van der Waals surface area contributed by atoms with Crippen molar-refractivity contribution in [3.63, 3.8) is 0 Å². The summed E-state index contributed by atoms with van der Waals surface area (Å²) >= 11 is 5.84. The van der Waals surface area contributed by atoms with Crippen LogP contribution in [0.2, 0.25) is 5.02 Å². The smallest absolute Gasteiger partial charge is 0.310 e. The maximum atomic E-state index is 11.0. The van der Waals surface area contributed by atoms with E-state index in [1.54, 1.807) is 12.1 Å². The largest absolute Gasteiger partial charge is 0.388 e. The van der Waals surface area contributed by atoms with Crippen LogP contribution in [0.3, 0.4) is 0 Å². The summed E-state index contributed by atoms with van der Waals surface area (Å²) in [6.07, 6.45) is 4.59. The van der Waals surface area contributed by atoms with Crippen molar-refractivity contribution in [2.45, 2.75) is 37.7 Å². The first-order chi connectivity index (χ1) is 9.02. The Morgan fingerprint density at radius 1 is 1.37 bits per heavy atom. The number of aliphatic hydroxyl groups is 1. The highest BCUT2D eigenvalue weighted by molar-refractivity contribution is 6.33. The lowest BCUT2D eigenvalue weighted by Crippen LogP contribution is -2.38. The maximum absolute atomic E-state index is 11.0. The highest BCUT2D eigenvalue weighted by Crippen LogP contribution is 2.34. The summed E-state index contributed by atoms with van der Waals surface area (Å²) in [5.74, 6) is 0. The molecular weight excluding hydrogens is 268 g/mol. The normalized spacial score (nSPS) is 18.0. The van der Waals surface area contributed by atoms with Gasteiger partial charge >= 0.3 is 5.69 Å². The SMILES string of the molecule is O=[N+]([O-])c1c(Cl)cccc1NCC1(O)CCCCC1. The third-order valence-electron chi connectivity index (χ3n) is 3.56. The zero-order valence-corrected chi connectivity index (χ0v) is 11.3. The van der Waals surface area contributed by atoms with Gasteiger partial charge in [0.05, 0.1) is 10.5 Å². The number of nitrogens with one attached hydrogen (secondary N) is 1. The number of benzene rings is 1. The Kier molecular flexibility index (Phi) is 4.27. The molecule has 0 saturated heterocycles. The van der Waals surface area contributed by atoms with Crippen LogP contribution < -0.4 is 5.32 Å². The lowest BCUT2D eigenvalue weighted by molar-refractivity contribution is -0.383. The number of anilines is 1. The molecule has 2 N–H and O–H groups in total. The molecule has 0 aromatic heterocycles. The molecule has 1 aromatic carbocycles. The van der Waals surface area contributed by atoms with E-state index < -0.39 is 10.5 Å². The van der Waals surface area contributed by atoms with Crippen molar-refractivity contribution in [2.24, 2.45) is 0 Å².